The molecule has 0 aromatic carbocycles. The number of anilines is 1. The molecule has 0 aliphatic carbocycles. The van der Waals surface area contributed by atoms with Gasteiger partial charge in [-0.15, -0.1) is 0 Å². The average molecular weight is 311 g/mol. The molecular formula is C15H25N3O2S. The molecule has 1 N–H and O–H groups in total. The van der Waals surface area contributed by atoms with Gasteiger partial charge in [0.05, 0.1) is 11.5 Å². The van der Waals surface area contributed by atoms with Crippen molar-refractivity contribution >= 4 is 15.7 Å². The highest BCUT2D eigenvalue weighted by Gasteiger charge is 2.31. The van der Waals surface area contributed by atoms with Crippen LogP contribution in [-0.4, -0.2) is 43.5 Å². The summed E-state index contributed by atoms with van der Waals surface area (Å²) in [6.45, 7) is 7.16. The van der Waals surface area contributed by atoms with E-state index < -0.39 is 9.84 Å². The third kappa shape index (κ3) is 4.68. The third-order valence-corrected chi connectivity index (χ3v) is 5.50. The van der Waals surface area contributed by atoms with Crippen LogP contribution in [0.15, 0.2) is 18.3 Å². The highest BCUT2D eigenvalue weighted by atomic mass is 32.2. The second-order valence-corrected chi connectivity index (χ2v) is 9.02. The van der Waals surface area contributed by atoms with E-state index >= 15 is 0 Å². The molecule has 1 atom stereocenters. The Morgan fingerprint density at radius 2 is 2.14 bits per heavy atom. The topological polar surface area (TPSA) is 62.3 Å². The Bertz CT molecular complexity index is 593. The van der Waals surface area contributed by atoms with Crippen molar-refractivity contribution in [2.24, 2.45) is 0 Å². The normalized spacial score (nSPS) is 21.4. The monoisotopic (exact) mass is 311 g/mol. The summed E-state index contributed by atoms with van der Waals surface area (Å²) in [5.74, 6) is 1.36. The molecule has 0 amide bonds. The van der Waals surface area contributed by atoms with Crippen LogP contribution in [0.1, 0.15) is 32.8 Å². The van der Waals surface area contributed by atoms with Crippen LogP contribution in [0.2, 0.25) is 0 Å². The number of aromatic nitrogens is 1. The number of sulfone groups is 1. The summed E-state index contributed by atoms with van der Waals surface area (Å²) in [5.41, 5.74) is 1.22. The number of pyridine rings is 1. The van der Waals surface area contributed by atoms with Crippen LogP contribution in [0.25, 0.3) is 0 Å². The summed E-state index contributed by atoms with van der Waals surface area (Å²) >= 11 is 0. The molecule has 1 aromatic heterocycles. The Labute approximate surface area is 127 Å². The number of rotatable bonds is 4. The zero-order valence-corrected chi connectivity index (χ0v) is 14.1. The minimum absolute atomic E-state index is 0.0355. The largest absolute Gasteiger partial charge is 0.356 e. The van der Waals surface area contributed by atoms with Crippen LogP contribution in [0.4, 0.5) is 5.82 Å². The number of nitrogens with zero attached hydrogens (tertiary/aromatic N) is 2. The number of hydrogen-bond donors (Lipinski definition) is 1. The van der Waals surface area contributed by atoms with Crippen LogP contribution < -0.4 is 10.2 Å². The van der Waals surface area contributed by atoms with Crippen molar-refractivity contribution in [1.82, 2.24) is 10.3 Å². The van der Waals surface area contributed by atoms with Crippen molar-refractivity contribution < 1.29 is 8.42 Å². The standard InChI is InChI=1S/C15H25N3O2S/c1-15(2,3)17-10-12-5-7-16-14(9-12)18(4)13-6-8-21(19,20)11-13/h5,7,9,13,17H,6,8,10-11H2,1-4H3. The molecule has 0 saturated carbocycles. The SMILES string of the molecule is CN(c1cc(CNC(C)(C)C)ccn1)C1CCS(=O)(=O)C1. The fourth-order valence-corrected chi connectivity index (χ4v) is 4.17. The molecule has 0 radical (unpaired) electrons. The second kappa shape index (κ2) is 5.93. The van der Waals surface area contributed by atoms with Crippen molar-refractivity contribution in [3.05, 3.63) is 23.9 Å². The third-order valence-electron chi connectivity index (χ3n) is 3.75. The molecule has 2 heterocycles. The van der Waals surface area contributed by atoms with Crippen LogP contribution in [-0.2, 0) is 16.4 Å². The summed E-state index contributed by atoms with van der Waals surface area (Å²) in [6.07, 6.45) is 2.47. The van der Waals surface area contributed by atoms with Gasteiger partial charge in [-0.25, -0.2) is 13.4 Å². The molecule has 21 heavy (non-hydrogen) atoms. The predicted molar refractivity (Wildman–Crippen MR) is 86.3 cm³/mol. The van der Waals surface area contributed by atoms with Gasteiger partial charge in [0, 0.05) is 31.4 Å². The van der Waals surface area contributed by atoms with Gasteiger partial charge in [-0.2, -0.15) is 0 Å². The first-order chi connectivity index (χ1) is 9.66. The van der Waals surface area contributed by atoms with Crippen LogP contribution >= 0.6 is 0 Å². The van der Waals surface area contributed by atoms with Gasteiger partial charge in [0.2, 0.25) is 0 Å². The zero-order chi connectivity index (χ0) is 15.7. The molecule has 0 spiro atoms. The van der Waals surface area contributed by atoms with Crippen LogP contribution in [0.3, 0.4) is 0 Å². The van der Waals surface area contributed by atoms with E-state index in [1.165, 1.54) is 0 Å². The Morgan fingerprint density at radius 1 is 1.43 bits per heavy atom. The van der Waals surface area contributed by atoms with Crippen molar-refractivity contribution in [1.29, 1.82) is 0 Å². The van der Waals surface area contributed by atoms with Gasteiger partial charge < -0.3 is 10.2 Å². The maximum absolute atomic E-state index is 11.6. The molecule has 1 saturated heterocycles. The van der Waals surface area contributed by atoms with Gasteiger partial charge >= 0.3 is 0 Å². The van der Waals surface area contributed by atoms with E-state index in [-0.39, 0.29) is 23.1 Å². The average Bonchev–Trinajstić information content (AvgIpc) is 2.75. The van der Waals surface area contributed by atoms with E-state index in [1.54, 1.807) is 6.20 Å². The van der Waals surface area contributed by atoms with Gasteiger partial charge in [0.1, 0.15) is 5.82 Å². The molecule has 1 aliphatic rings. The second-order valence-electron chi connectivity index (χ2n) is 6.79. The van der Waals surface area contributed by atoms with E-state index in [0.717, 1.165) is 17.9 Å². The van der Waals surface area contributed by atoms with Gasteiger partial charge in [0.15, 0.2) is 9.84 Å². The number of hydrogen-bond acceptors (Lipinski definition) is 5. The first-order valence-electron chi connectivity index (χ1n) is 7.29. The predicted octanol–water partition coefficient (Wildman–Crippen LogP) is 1.59. The molecule has 1 aromatic rings. The summed E-state index contributed by atoms with van der Waals surface area (Å²) in [6, 6.07) is 4.05. The maximum Gasteiger partial charge on any atom is 0.152 e. The van der Waals surface area contributed by atoms with E-state index in [1.807, 2.05) is 24.1 Å². The minimum atomic E-state index is -2.87. The first kappa shape index (κ1) is 16.2. The lowest BCUT2D eigenvalue weighted by Crippen LogP contribution is -2.35. The first-order valence-corrected chi connectivity index (χ1v) is 9.12. The minimum Gasteiger partial charge on any atom is -0.356 e. The Balaban J connectivity index is 2.06. The van der Waals surface area contributed by atoms with E-state index in [0.29, 0.717) is 6.42 Å². The van der Waals surface area contributed by atoms with Crippen LogP contribution in [0.5, 0.6) is 0 Å². The molecular weight excluding hydrogens is 286 g/mol. The smallest absolute Gasteiger partial charge is 0.152 e. The van der Waals surface area contributed by atoms with Crippen molar-refractivity contribution in [2.75, 3.05) is 23.5 Å². The van der Waals surface area contributed by atoms with E-state index in [4.69, 9.17) is 0 Å². The molecule has 118 valence electrons. The lowest BCUT2D eigenvalue weighted by Gasteiger charge is -2.25. The molecule has 6 heteroatoms. The summed E-state index contributed by atoms with van der Waals surface area (Å²) in [4.78, 5) is 6.37. The zero-order valence-electron chi connectivity index (χ0n) is 13.3. The van der Waals surface area contributed by atoms with Gasteiger partial charge in [-0.05, 0) is 44.9 Å². The molecule has 0 bridgehead atoms. The Hall–Kier alpha value is -1.14. The highest BCUT2D eigenvalue weighted by Crippen LogP contribution is 2.22. The van der Waals surface area contributed by atoms with Crippen molar-refractivity contribution in [3.63, 3.8) is 0 Å². The summed E-state index contributed by atoms with van der Waals surface area (Å²) in [7, 11) is -0.945. The van der Waals surface area contributed by atoms with Gasteiger partial charge in [-0.3, -0.25) is 0 Å². The van der Waals surface area contributed by atoms with E-state index in [9.17, 15) is 8.42 Å². The molecule has 5 nitrogen and oxygen atoms in total. The lowest BCUT2D eigenvalue weighted by molar-refractivity contribution is 0.424. The fourth-order valence-electron chi connectivity index (χ4n) is 2.40. The molecule has 1 unspecified atom stereocenters. The van der Waals surface area contributed by atoms with Crippen molar-refractivity contribution in [3.8, 4) is 0 Å². The Morgan fingerprint density at radius 3 is 2.71 bits per heavy atom. The molecule has 1 fully saturated rings. The fraction of sp³-hybridized carbons (Fsp3) is 0.667. The maximum atomic E-state index is 11.6. The summed E-state index contributed by atoms with van der Waals surface area (Å²) < 4.78 is 23.2. The molecule has 2 rings (SSSR count). The Kier molecular flexibility index (Phi) is 4.58. The lowest BCUT2D eigenvalue weighted by atomic mass is 10.1. The van der Waals surface area contributed by atoms with E-state index in [2.05, 4.69) is 31.1 Å². The van der Waals surface area contributed by atoms with Gasteiger partial charge in [-0.1, -0.05) is 0 Å². The van der Waals surface area contributed by atoms with Crippen molar-refractivity contribution in [2.45, 2.75) is 45.3 Å². The number of nitrogens with one attached hydrogen (secondary N) is 1. The molecule has 1 aliphatic heterocycles. The quantitative estimate of drug-likeness (QED) is 0.915. The van der Waals surface area contributed by atoms with Crippen LogP contribution in [0, 0.1) is 0 Å². The highest BCUT2D eigenvalue weighted by molar-refractivity contribution is 7.91. The van der Waals surface area contributed by atoms with Gasteiger partial charge in [0.25, 0.3) is 0 Å². The summed E-state index contributed by atoms with van der Waals surface area (Å²) in [5, 5.41) is 3.44.